The number of amides is 1. The van der Waals surface area contributed by atoms with Crippen LogP contribution in [-0.2, 0) is 19.6 Å². The molecule has 0 aliphatic rings. The number of hydrogen-bond donors (Lipinski definition) is 2. The van der Waals surface area contributed by atoms with Crippen LogP contribution in [-0.4, -0.2) is 37.5 Å². The molecular formula is C23H27Cl2FN2O5S. The molecule has 11 heteroatoms. The van der Waals surface area contributed by atoms with Crippen LogP contribution in [0.2, 0.25) is 10.0 Å². The van der Waals surface area contributed by atoms with Crippen molar-refractivity contribution in [2.75, 3.05) is 4.31 Å². The highest BCUT2D eigenvalue weighted by Crippen LogP contribution is 2.32. The lowest BCUT2D eigenvalue weighted by Gasteiger charge is -2.31. The Labute approximate surface area is 208 Å². The first-order valence-corrected chi connectivity index (χ1v) is 12.8. The van der Waals surface area contributed by atoms with Crippen LogP contribution in [0, 0.1) is 11.7 Å². The minimum absolute atomic E-state index is 0.0201. The Morgan fingerprint density at radius 2 is 1.65 bits per heavy atom. The van der Waals surface area contributed by atoms with Crippen molar-refractivity contribution in [1.29, 1.82) is 0 Å². The van der Waals surface area contributed by atoms with Crippen molar-refractivity contribution in [3.63, 3.8) is 0 Å². The van der Waals surface area contributed by atoms with Gasteiger partial charge in [-0.2, -0.15) is 0 Å². The van der Waals surface area contributed by atoms with E-state index in [0.29, 0.717) is 5.02 Å². The van der Waals surface area contributed by atoms with E-state index in [2.05, 4.69) is 5.32 Å². The highest BCUT2D eigenvalue weighted by Gasteiger charge is 2.32. The Hall–Kier alpha value is -2.36. The highest BCUT2D eigenvalue weighted by atomic mass is 35.5. The molecule has 2 aromatic carbocycles. The van der Waals surface area contributed by atoms with Crippen LogP contribution in [0.3, 0.4) is 0 Å². The van der Waals surface area contributed by atoms with Gasteiger partial charge in [0.25, 0.3) is 10.0 Å². The number of carbonyl (C=O) groups is 2. The minimum atomic E-state index is -4.20. The fraction of sp³-hybridized carbons (Fsp3) is 0.391. The Bertz CT molecular complexity index is 1130. The molecule has 0 aliphatic heterocycles. The van der Waals surface area contributed by atoms with Gasteiger partial charge in [-0.25, -0.2) is 17.6 Å². The smallest absolute Gasteiger partial charge is 0.326 e. The van der Waals surface area contributed by atoms with Crippen molar-refractivity contribution in [1.82, 2.24) is 5.32 Å². The molecule has 0 aromatic heterocycles. The third kappa shape index (κ3) is 7.07. The van der Waals surface area contributed by atoms with E-state index in [9.17, 15) is 27.5 Å². The second-order valence-corrected chi connectivity index (χ2v) is 10.9. The summed E-state index contributed by atoms with van der Waals surface area (Å²) in [6, 6.07) is 7.35. The van der Waals surface area contributed by atoms with Crippen LogP contribution in [0.5, 0.6) is 0 Å². The average Bonchev–Trinajstić information content (AvgIpc) is 2.74. The number of anilines is 1. The van der Waals surface area contributed by atoms with Gasteiger partial charge >= 0.3 is 5.97 Å². The number of nitrogens with zero attached hydrogens (tertiary/aromatic N) is 1. The Kier molecular flexibility index (Phi) is 9.73. The molecule has 0 radical (unpaired) electrons. The number of nitrogens with one attached hydrogen (secondary N) is 1. The molecule has 2 N–H and O–H groups in total. The second-order valence-electron chi connectivity index (χ2n) is 8.22. The van der Waals surface area contributed by atoms with Crippen LogP contribution in [0.1, 0.15) is 40.0 Å². The van der Waals surface area contributed by atoms with E-state index < -0.39 is 39.8 Å². The zero-order valence-electron chi connectivity index (χ0n) is 19.0. The first-order chi connectivity index (χ1) is 15.8. The van der Waals surface area contributed by atoms with Gasteiger partial charge in [-0.05, 0) is 68.1 Å². The zero-order chi connectivity index (χ0) is 25.6. The van der Waals surface area contributed by atoms with Crippen molar-refractivity contribution >= 4 is 50.8 Å². The number of carbonyl (C=O) groups excluding carboxylic acids is 1. The molecule has 0 fully saturated rings. The monoisotopic (exact) mass is 532 g/mol. The number of carboxylic acid groups (broad SMARTS) is 1. The van der Waals surface area contributed by atoms with E-state index >= 15 is 0 Å². The molecule has 34 heavy (non-hydrogen) atoms. The topological polar surface area (TPSA) is 104 Å². The van der Waals surface area contributed by atoms with E-state index in [1.807, 2.05) is 0 Å². The van der Waals surface area contributed by atoms with Gasteiger partial charge in [0, 0.05) is 22.5 Å². The number of hydrogen-bond acceptors (Lipinski definition) is 4. The minimum Gasteiger partial charge on any atom is -0.480 e. The Morgan fingerprint density at radius 3 is 2.21 bits per heavy atom. The van der Waals surface area contributed by atoms with Gasteiger partial charge in [-0.15, -0.1) is 0 Å². The number of rotatable bonds is 11. The maximum Gasteiger partial charge on any atom is 0.326 e. The predicted octanol–water partition coefficient (Wildman–Crippen LogP) is 5.11. The standard InChI is InChI=1S/C23H27Cl2FN2O5S/c1-14(2)22(23(30)31)27-21(29)6-4-5-15(3)28(20-13-17(25)9-12-19(20)26)34(32,33)18-10-7-16(24)8-11-18/h7-15,22H,4-6H2,1-3H3,(H,27,29)(H,30,31)/t15-,22+/m1/s1. The van der Waals surface area contributed by atoms with Crippen LogP contribution >= 0.6 is 23.2 Å². The van der Waals surface area contributed by atoms with Crippen molar-refractivity contribution in [3.8, 4) is 0 Å². The average molecular weight is 533 g/mol. The molecule has 0 bridgehead atoms. The van der Waals surface area contributed by atoms with Crippen LogP contribution in [0.25, 0.3) is 0 Å². The van der Waals surface area contributed by atoms with Gasteiger partial charge in [0.1, 0.15) is 11.9 Å². The van der Waals surface area contributed by atoms with Gasteiger partial charge in [-0.3, -0.25) is 9.10 Å². The largest absolute Gasteiger partial charge is 0.480 e. The van der Waals surface area contributed by atoms with Gasteiger partial charge in [0.05, 0.1) is 10.6 Å². The van der Waals surface area contributed by atoms with E-state index in [1.165, 1.54) is 36.4 Å². The molecular weight excluding hydrogens is 506 g/mol. The molecule has 0 spiro atoms. The fourth-order valence-corrected chi connectivity index (χ4v) is 5.39. The number of benzene rings is 2. The Balaban J connectivity index is 2.26. The van der Waals surface area contributed by atoms with Crippen LogP contribution < -0.4 is 9.62 Å². The first kappa shape index (κ1) is 27.9. The summed E-state index contributed by atoms with van der Waals surface area (Å²) in [4.78, 5) is 23.4. The zero-order valence-corrected chi connectivity index (χ0v) is 21.3. The number of carboxylic acids is 1. The quantitative estimate of drug-likeness (QED) is 0.418. The maximum atomic E-state index is 14.7. The molecule has 0 saturated heterocycles. The summed E-state index contributed by atoms with van der Waals surface area (Å²) in [6.45, 7) is 4.96. The predicted molar refractivity (Wildman–Crippen MR) is 130 cm³/mol. The summed E-state index contributed by atoms with van der Waals surface area (Å²) >= 11 is 11.9. The summed E-state index contributed by atoms with van der Waals surface area (Å²) < 4.78 is 42.6. The summed E-state index contributed by atoms with van der Waals surface area (Å²) in [5, 5.41) is 12.2. The molecule has 0 heterocycles. The molecule has 7 nitrogen and oxygen atoms in total. The number of aliphatic carboxylic acids is 1. The SMILES string of the molecule is CC(C)[C@H](NC(=O)CCC[C@@H](C)N(c1cc(Cl)ccc1F)S(=O)(=O)c1ccc(Cl)cc1)C(=O)O. The molecule has 2 aromatic rings. The molecule has 2 atom stereocenters. The molecule has 1 amide bonds. The van der Waals surface area contributed by atoms with Gasteiger partial charge in [0.2, 0.25) is 5.91 Å². The first-order valence-electron chi connectivity index (χ1n) is 10.6. The number of halogens is 3. The maximum absolute atomic E-state index is 14.7. The molecule has 0 unspecified atom stereocenters. The second kappa shape index (κ2) is 11.9. The van der Waals surface area contributed by atoms with Gasteiger partial charge in [-0.1, -0.05) is 37.0 Å². The molecule has 0 saturated carbocycles. The van der Waals surface area contributed by atoms with Crippen molar-refractivity contribution in [2.45, 2.75) is 57.0 Å². The van der Waals surface area contributed by atoms with Gasteiger partial charge < -0.3 is 10.4 Å². The molecule has 0 aliphatic carbocycles. The lowest BCUT2D eigenvalue weighted by Crippen LogP contribution is -2.44. The van der Waals surface area contributed by atoms with E-state index in [4.69, 9.17) is 23.2 Å². The molecule has 2 rings (SSSR count). The summed E-state index contributed by atoms with van der Waals surface area (Å²) in [7, 11) is -4.20. The summed E-state index contributed by atoms with van der Waals surface area (Å²) in [5.74, 6) is -2.67. The summed E-state index contributed by atoms with van der Waals surface area (Å²) in [6.07, 6.45) is 0.422. The third-order valence-electron chi connectivity index (χ3n) is 5.19. The van der Waals surface area contributed by atoms with Crippen molar-refractivity contribution in [2.24, 2.45) is 5.92 Å². The number of sulfonamides is 1. The van der Waals surface area contributed by atoms with E-state index in [-0.39, 0.29) is 40.8 Å². The lowest BCUT2D eigenvalue weighted by atomic mass is 10.0. The van der Waals surface area contributed by atoms with Crippen LogP contribution in [0.4, 0.5) is 10.1 Å². The van der Waals surface area contributed by atoms with E-state index in [1.54, 1.807) is 20.8 Å². The van der Waals surface area contributed by atoms with Crippen LogP contribution in [0.15, 0.2) is 47.4 Å². The molecule has 186 valence electrons. The third-order valence-corrected chi connectivity index (χ3v) is 7.62. The van der Waals surface area contributed by atoms with Gasteiger partial charge in [0.15, 0.2) is 0 Å². The highest BCUT2D eigenvalue weighted by molar-refractivity contribution is 7.92. The van der Waals surface area contributed by atoms with E-state index in [0.717, 1.165) is 10.4 Å². The summed E-state index contributed by atoms with van der Waals surface area (Å²) in [5.41, 5.74) is -0.217. The van der Waals surface area contributed by atoms with Crippen molar-refractivity contribution < 1.29 is 27.5 Å². The fourth-order valence-electron chi connectivity index (χ4n) is 3.41. The lowest BCUT2D eigenvalue weighted by molar-refractivity contribution is -0.143. The van der Waals surface area contributed by atoms with Crippen molar-refractivity contribution in [3.05, 3.63) is 58.3 Å². The Morgan fingerprint density at radius 1 is 1.06 bits per heavy atom. The normalized spacial score (nSPS) is 13.4.